The van der Waals surface area contributed by atoms with Gasteiger partial charge in [-0.1, -0.05) is 37.3 Å². The molecule has 1 aliphatic rings. The lowest BCUT2D eigenvalue weighted by molar-refractivity contribution is 0.127. The second-order valence-electron chi connectivity index (χ2n) is 6.95. The summed E-state index contributed by atoms with van der Waals surface area (Å²) in [6.07, 6.45) is 6.01. The molecular formula is C21H33IN6. The predicted octanol–water partition coefficient (Wildman–Crippen LogP) is 3.24. The molecule has 1 atom stereocenters. The Hall–Kier alpha value is -1.61. The number of benzene rings is 1. The molecule has 28 heavy (non-hydrogen) atoms. The van der Waals surface area contributed by atoms with Gasteiger partial charge in [0.15, 0.2) is 5.96 Å². The van der Waals surface area contributed by atoms with Gasteiger partial charge in [-0.25, -0.2) is 0 Å². The summed E-state index contributed by atoms with van der Waals surface area (Å²) in [7, 11) is 1.88. The third-order valence-electron chi connectivity index (χ3n) is 5.24. The number of hydrogen-bond acceptors (Lipinski definition) is 3. The number of aryl methyl sites for hydroxylation is 1. The average molecular weight is 496 g/mol. The maximum absolute atomic E-state index is 4.49. The van der Waals surface area contributed by atoms with Gasteiger partial charge >= 0.3 is 0 Å². The van der Waals surface area contributed by atoms with Crippen LogP contribution >= 0.6 is 24.0 Å². The number of aliphatic imine (C=N–C) groups is 1. The van der Waals surface area contributed by atoms with Crippen molar-refractivity contribution >= 4 is 29.9 Å². The Labute approximate surface area is 186 Å². The molecule has 1 fully saturated rings. The molecule has 6 nitrogen and oxygen atoms in total. The third-order valence-corrected chi connectivity index (χ3v) is 5.24. The number of nitrogens with zero attached hydrogens (tertiary/aromatic N) is 5. The van der Waals surface area contributed by atoms with E-state index in [1.807, 2.05) is 30.2 Å². The predicted molar refractivity (Wildman–Crippen MR) is 126 cm³/mol. The van der Waals surface area contributed by atoms with E-state index < -0.39 is 0 Å². The van der Waals surface area contributed by atoms with E-state index >= 15 is 0 Å². The van der Waals surface area contributed by atoms with Crippen molar-refractivity contribution in [2.75, 3.05) is 39.8 Å². The SMILES string of the molecule is CCC(c1ccccc1)N1CCN(C(=NC)NCCCn2cccn2)CC1.I. The molecule has 2 aromatic rings. The Morgan fingerprint density at radius 1 is 1.14 bits per heavy atom. The largest absolute Gasteiger partial charge is 0.356 e. The monoisotopic (exact) mass is 496 g/mol. The molecule has 0 saturated carbocycles. The molecule has 2 heterocycles. The summed E-state index contributed by atoms with van der Waals surface area (Å²) in [5, 5.41) is 7.75. The molecule has 1 aliphatic heterocycles. The molecular weight excluding hydrogens is 463 g/mol. The average Bonchev–Trinajstić information content (AvgIpc) is 3.24. The minimum atomic E-state index is 0. The fourth-order valence-electron chi connectivity index (χ4n) is 3.83. The van der Waals surface area contributed by atoms with Crippen LogP contribution in [0.5, 0.6) is 0 Å². The summed E-state index contributed by atoms with van der Waals surface area (Å²) >= 11 is 0. The van der Waals surface area contributed by atoms with Gasteiger partial charge in [0, 0.05) is 64.8 Å². The van der Waals surface area contributed by atoms with Gasteiger partial charge in [0.25, 0.3) is 0 Å². The highest BCUT2D eigenvalue weighted by atomic mass is 127. The number of hydrogen-bond donors (Lipinski definition) is 1. The molecule has 1 unspecified atom stereocenters. The van der Waals surface area contributed by atoms with Crippen LogP contribution in [0.1, 0.15) is 31.4 Å². The molecule has 154 valence electrons. The summed E-state index contributed by atoms with van der Waals surface area (Å²) in [5.74, 6) is 1.02. The smallest absolute Gasteiger partial charge is 0.193 e. The van der Waals surface area contributed by atoms with Crippen LogP contribution in [0.3, 0.4) is 0 Å². The standard InChI is InChI=1S/C21H32N6.HI/c1-3-20(19-9-5-4-6-10-19)25-15-17-26(18-16-25)21(22-2)23-11-7-13-27-14-8-12-24-27;/h4-6,8-10,12,14,20H,3,7,11,13,15-18H2,1-2H3,(H,22,23);1H. The van der Waals surface area contributed by atoms with Crippen molar-refractivity contribution in [2.24, 2.45) is 4.99 Å². The number of halogens is 1. The van der Waals surface area contributed by atoms with Crippen LogP contribution in [-0.2, 0) is 6.54 Å². The number of rotatable bonds is 7. The van der Waals surface area contributed by atoms with Crippen molar-refractivity contribution in [2.45, 2.75) is 32.4 Å². The molecule has 7 heteroatoms. The summed E-state index contributed by atoms with van der Waals surface area (Å²) in [6, 6.07) is 13.4. The topological polar surface area (TPSA) is 48.7 Å². The zero-order valence-corrected chi connectivity index (χ0v) is 19.3. The maximum atomic E-state index is 4.49. The van der Waals surface area contributed by atoms with Gasteiger partial charge in [-0.15, -0.1) is 24.0 Å². The van der Waals surface area contributed by atoms with E-state index in [0.717, 1.165) is 58.1 Å². The lowest BCUT2D eigenvalue weighted by Crippen LogP contribution is -2.53. The number of piperazine rings is 1. The fraction of sp³-hybridized carbons (Fsp3) is 0.524. The van der Waals surface area contributed by atoms with Gasteiger partial charge in [0.05, 0.1) is 0 Å². The molecule has 1 N–H and O–H groups in total. The van der Waals surface area contributed by atoms with Gasteiger partial charge in [0.2, 0.25) is 0 Å². The number of nitrogens with one attached hydrogen (secondary N) is 1. The van der Waals surface area contributed by atoms with Crippen molar-refractivity contribution in [3.63, 3.8) is 0 Å². The Morgan fingerprint density at radius 3 is 2.50 bits per heavy atom. The first-order chi connectivity index (χ1) is 13.3. The molecule has 1 saturated heterocycles. The van der Waals surface area contributed by atoms with Crippen LogP contribution in [0.25, 0.3) is 0 Å². The third kappa shape index (κ3) is 6.20. The minimum absolute atomic E-state index is 0. The van der Waals surface area contributed by atoms with E-state index in [-0.39, 0.29) is 24.0 Å². The molecule has 0 radical (unpaired) electrons. The van der Waals surface area contributed by atoms with E-state index in [1.54, 1.807) is 0 Å². The summed E-state index contributed by atoms with van der Waals surface area (Å²) < 4.78 is 1.97. The van der Waals surface area contributed by atoms with E-state index in [2.05, 4.69) is 62.5 Å². The van der Waals surface area contributed by atoms with Crippen LogP contribution in [0, 0.1) is 0 Å². The molecule has 3 rings (SSSR count). The summed E-state index contributed by atoms with van der Waals surface area (Å²) in [5.41, 5.74) is 1.43. The summed E-state index contributed by atoms with van der Waals surface area (Å²) in [4.78, 5) is 9.47. The minimum Gasteiger partial charge on any atom is -0.356 e. The maximum Gasteiger partial charge on any atom is 0.193 e. The van der Waals surface area contributed by atoms with Crippen LogP contribution in [0.2, 0.25) is 0 Å². The Balaban J connectivity index is 0.00000280. The molecule has 0 bridgehead atoms. The first kappa shape index (κ1) is 22.7. The van der Waals surface area contributed by atoms with Gasteiger partial charge < -0.3 is 10.2 Å². The zero-order valence-electron chi connectivity index (χ0n) is 17.0. The highest BCUT2D eigenvalue weighted by molar-refractivity contribution is 14.0. The van der Waals surface area contributed by atoms with Crippen molar-refractivity contribution in [1.82, 2.24) is 24.9 Å². The van der Waals surface area contributed by atoms with Crippen molar-refractivity contribution < 1.29 is 0 Å². The van der Waals surface area contributed by atoms with Crippen molar-refractivity contribution in [3.8, 4) is 0 Å². The van der Waals surface area contributed by atoms with Crippen LogP contribution in [0.15, 0.2) is 53.8 Å². The number of guanidine groups is 1. The first-order valence-corrected chi connectivity index (χ1v) is 10.0. The van der Waals surface area contributed by atoms with E-state index in [9.17, 15) is 0 Å². The van der Waals surface area contributed by atoms with Crippen molar-refractivity contribution in [1.29, 1.82) is 0 Å². The lowest BCUT2D eigenvalue weighted by atomic mass is 10.0. The quantitative estimate of drug-likeness (QED) is 0.277. The fourth-order valence-corrected chi connectivity index (χ4v) is 3.83. The van der Waals surface area contributed by atoms with Crippen LogP contribution < -0.4 is 5.32 Å². The second kappa shape index (κ2) is 12.1. The van der Waals surface area contributed by atoms with E-state index in [1.165, 1.54) is 5.56 Å². The van der Waals surface area contributed by atoms with E-state index in [0.29, 0.717) is 6.04 Å². The molecule has 0 aliphatic carbocycles. The zero-order chi connectivity index (χ0) is 18.9. The Kier molecular flexibility index (Phi) is 9.77. The number of aromatic nitrogens is 2. The van der Waals surface area contributed by atoms with Gasteiger partial charge in [0.1, 0.15) is 0 Å². The Morgan fingerprint density at radius 2 is 1.89 bits per heavy atom. The summed E-state index contributed by atoms with van der Waals surface area (Å²) in [6.45, 7) is 8.30. The van der Waals surface area contributed by atoms with Gasteiger partial charge in [-0.2, -0.15) is 5.10 Å². The van der Waals surface area contributed by atoms with E-state index in [4.69, 9.17) is 0 Å². The van der Waals surface area contributed by atoms with Crippen molar-refractivity contribution in [3.05, 3.63) is 54.4 Å². The second-order valence-corrected chi connectivity index (χ2v) is 6.95. The van der Waals surface area contributed by atoms with Crippen LogP contribution in [-0.4, -0.2) is 65.3 Å². The highest BCUT2D eigenvalue weighted by Gasteiger charge is 2.25. The molecule has 1 aromatic carbocycles. The lowest BCUT2D eigenvalue weighted by Gasteiger charge is -2.40. The molecule has 1 aromatic heterocycles. The Bertz CT molecular complexity index is 680. The highest BCUT2D eigenvalue weighted by Crippen LogP contribution is 2.25. The normalized spacial score (nSPS) is 16.5. The molecule has 0 amide bonds. The van der Waals surface area contributed by atoms with Gasteiger partial charge in [-0.3, -0.25) is 14.6 Å². The molecule has 0 spiro atoms. The first-order valence-electron chi connectivity index (χ1n) is 10.0. The van der Waals surface area contributed by atoms with Gasteiger partial charge in [-0.05, 0) is 24.5 Å². The van der Waals surface area contributed by atoms with Crippen LogP contribution in [0.4, 0.5) is 0 Å².